The number of amides is 1. The molecule has 21 heavy (non-hydrogen) atoms. The van der Waals surface area contributed by atoms with Crippen molar-refractivity contribution in [2.24, 2.45) is 0 Å². The summed E-state index contributed by atoms with van der Waals surface area (Å²) in [6.45, 7) is 2.05. The monoisotopic (exact) mass is 294 g/mol. The van der Waals surface area contributed by atoms with Crippen LogP contribution in [0.25, 0.3) is 0 Å². The second-order valence-corrected chi connectivity index (χ2v) is 7.11. The van der Waals surface area contributed by atoms with E-state index in [1.807, 2.05) is 0 Å². The minimum absolute atomic E-state index is 0.120. The van der Waals surface area contributed by atoms with Crippen LogP contribution in [0.4, 0.5) is 0 Å². The third-order valence-corrected chi connectivity index (χ3v) is 5.39. The van der Waals surface area contributed by atoms with E-state index >= 15 is 0 Å². The summed E-state index contributed by atoms with van der Waals surface area (Å²) in [7, 11) is 0. The van der Waals surface area contributed by atoms with Gasteiger partial charge in [-0.3, -0.25) is 4.79 Å². The molecule has 4 heteroatoms. The van der Waals surface area contributed by atoms with Gasteiger partial charge in [0.25, 0.3) is 0 Å². The summed E-state index contributed by atoms with van der Waals surface area (Å²) in [4.78, 5) is 12.5. The summed E-state index contributed by atoms with van der Waals surface area (Å²) in [5.41, 5.74) is 0. The number of nitrogens with one attached hydrogen (secondary N) is 2. The number of carbonyl (C=O) groups excluding carboxylic acids is 1. The van der Waals surface area contributed by atoms with E-state index in [9.17, 15) is 4.79 Å². The summed E-state index contributed by atoms with van der Waals surface area (Å²) < 4.78 is 6.09. The number of ether oxygens (including phenoxy) is 1. The summed E-state index contributed by atoms with van der Waals surface area (Å²) >= 11 is 0. The fourth-order valence-corrected chi connectivity index (χ4v) is 4.25. The Morgan fingerprint density at radius 3 is 2.43 bits per heavy atom. The van der Waals surface area contributed by atoms with Crippen molar-refractivity contribution in [1.29, 1.82) is 0 Å². The summed E-state index contributed by atoms with van der Waals surface area (Å²) in [6.07, 6.45) is 11.6. The van der Waals surface area contributed by atoms with E-state index in [0.29, 0.717) is 24.2 Å². The van der Waals surface area contributed by atoms with Crippen LogP contribution in [0, 0.1) is 0 Å². The molecule has 2 aliphatic heterocycles. The molecule has 2 saturated heterocycles. The largest absolute Gasteiger partial charge is 0.365 e. The fourth-order valence-electron chi connectivity index (χ4n) is 4.25. The summed E-state index contributed by atoms with van der Waals surface area (Å²) in [5, 5.41) is 6.88. The fraction of sp³-hybridized carbons (Fsp3) is 0.941. The van der Waals surface area contributed by atoms with Crippen molar-refractivity contribution in [3.05, 3.63) is 0 Å². The predicted molar refractivity (Wildman–Crippen MR) is 83.1 cm³/mol. The Hall–Kier alpha value is -0.610. The molecule has 0 spiro atoms. The molecule has 1 amide bonds. The molecular formula is C17H30N2O2. The Balaban J connectivity index is 1.48. The lowest BCUT2D eigenvalue weighted by molar-refractivity contribution is -0.139. The highest BCUT2D eigenvalue weighted by atomic mass is 16.5. The third-order valence-electron chi connectivity index (χ3n) is 5.39. The zero-order chi connectivity index (χ0) is 14.7. The van der Waals surface area contributed by atoms with Crippen LogP contribution in [-0.4, -0.2) is 36.2 Å². The van der Waals surface area contributed by atoms with E-state index in [4.69, 9.17) is 4.74 Å². The maximum atomic E-state index is 12.5. The van der Waals surface area contributed by atoms with Gasteiger partial charge < -0.3 is 15.4 Å². The third kappa shape index (κ3) is 3.98. The number of carbonyl (C=O) groups is 1. The molecule has 0 aromatic rings. The lowest BCUT2D eigenvalue weighted by atomic mass is 9.97. The van der Waals surface area contributed by atoms with E-state index in [1.165, 1.54) is 32.1 Å². The lowest BCUT2D eigenvalue weighted by Crippen LogP contribution is -2.50. The van der Waals surface area contributed by atoms with Gasteiger partial charge in [-0.1, -0.05) is 26.2 Å². The second kappa shape index (κ2) is 7.10. The van der Waals surface area contributed by atoms with Gasteiger partial charge in [-0.25, -0.2) is 0 Å². The Morgan fingerprint density at radius 2 is 1.81 bits per heavy atom. The highest BCUT2D eigenvalue weighted by Crippen LogP contribution is 2.27. The predicted octanol–water partition coefficient (Wildman–Crippen LogP) is 2.51. The molecule has 2 N–H and O–H groups in total. The highest BCUT2D eigenvalue weighted by molar-refractivity contribution is 5.81. The Kier molecular flexibility index (Phi) is 5.17. The van der Waals surface area contributed by atoms with E-state index in [0.717, 1.165) is 32.1 Å². The van der Waals surface area contributed by atoms with Gasteiger partial charge in [0.05, 0.1) is 6.10 Å². The number of piperidine rings is 1. The highest BCUT2D eigenvalue weighted by Gasteiger charge is 2.35. The molecule has 0 radical (unpaired) electrons. The molecule has 3 fully saturated rings. The van der Waals surface area contributed by atoms with Crippen molar-refractivity contribution in [3.8, 4) is 0 Å². The van der Waals surface area contributed by atoms with Crippen molar-refractivity contribution in [1.82, 2.24) is 10.6 Å². The van der Waals surface area contributed by atoms with Gasteiger partial charge in [0.1, 0.15) is 6.10 Å². The molecule has 1 saturated carbocycles. The SMILES string of the molecule is CCC(OC1CCCCC1)C(=O)NC1CC2CCC(C1)N2. The quantitative estimate of drug-likeness (QED) is 0.819. The number of fused-ring (bicyclic) bond motifs is 2. The average Bonchev–Trinajstić information content (AvgIpc) is 2.84. The van der Waals surface area contributed by atoms with Gasteiger partial charge in [-0.15, -0.1) is 0 Å². The molecule has 0 aromatic heterocycles. The maximum absolute atomic E-state index is 12.5. The Labute approximate surface area is 128 Å². The minimum Gasteiger partial charge on any atom is -0.365 e. The molecule has 0 aromatic carbocycles. The topological polar surface area (TPSA) is 50.4 Å². The van der Waals surface area contributed by atoms with Crippen molar-refractivity contribution in [2.45, 2.75) is 101 Å². The molecule has 120 valence electrons. The van der Waals surface area contributed by atoms with Gasteiger partial charge >= 0.3 is 0 Å². The van der Waals surface area contributed by atoms with Gasteiger partial charge in [0, 0.05) is 18.1 Å². The summed E-state index contributed by atoms with van der Waals surface area (Å²) in [6, 6.07) is 1.59. The van der Waals surface area contributed by atoms with Crippen LogP contribution in [-0.2, 0) is 9.53 Å². The molecule has 3 unspecified atom stereocenters. The zero-order valence-corrected chi connectivity index (χ0v) is 13.3. The number of rotatable bonds is 5. The van der Waals surface area contributed by atoms with E-state index < -0.39 is 0 Å². The van der Waals surface area contributed by atoms with E-state index in [2.05, 4.69) is 17.6 Å². The van der Waals surface area contributed by atoms with E-state index in [-0.39, 0.29) is 12.0 Å². The van der Waals surface area contributed by atoms with Crippen LogP contribution >= 0.6 is 0 Å². The van der Waals surface area contributed by atoms with Crippen LogP contribution < -0.4 is 10.6 Å². The van der Waals surface area contributed by atoms with Crippen molar-refractivity contribution < 1.29 is 9.53 Å². The normalized spacial score (nSPS) is 34.6. The Bertz CT molecular complexity index is 343. The maximum Gasteiger partial charge on any atom is 0.249 e. The average molecular weight is 294 g/mol. The van der Waals surface area contributed by atoms with Gasteiger partial charge in [0.2, 0.25) is 5.91 Å². The van der Waals surface area contributed by atoms with Crippen LogP contribution in [0.2, 0.25) is 0 Å². The second-order valence-electron chi connectivity index (χ2n) is 7.11. The van der Waals surface area contributed by atoms with Crippen molar-refractivity contribution in [3.63, 3.8) is 0 Å². The summed E-state index contributed by atoms with van der Waals surface area (Å²) in [5.74, 6) is 0.120. The van der Waals surface area contributed by atoms with Crippen LogP contribution in [0.1, 0.15) is 71.1 Å². The molecule has 3 atom stereocenters. The molecule has 2 bridgehead atoms. The van der Waals surface area contributed by atoms with Gasteiger partial charge in [-0.05, 0) is 44.9 Å². The lowest BCUT2D eigenvalue weighted by Gasteiger charge is -2.32. The van der Waals surface area contributed by atoms with Crippen molar-refractivity contribution >= 4 is 5.91 Å². The van der Waals surface area contributed by atoms with Gasteiger partial charge in [0.15, 0.2) is 0 Å². The number of hydrogen-bond acceptors (Lipinski definition) is 3. The zero-order valence-electron chi connectivity index (χ0n) is 13.3. The molecular weight excluding hydrogens is 264 g/mol. The molecule has 4 nitrogen and oxygen atoms in total. The standard InChI is InChI=1S/C17H30N2O2/c1-2-16(21-15-6-4-3-5-7-15)17(20)19-14-10-12-8-9-13(11-14)18-12/h12-16,18H,2-11H2,1H3,(H,19,20). The Morgan fingerprint density at radius 1 is 1.14 bits per heavy atom. The first-order valence-electron chi connectivity index (χ1n) is 8.96. The first-order chi connectivity index (χ1) is 10.2. The number of hydrogen-bond donors (Lipinski definition) is 2. The van der Waals surface area contributed by atoms with Crippen LogP contribution in [0.15, 0.2) is 0 Å². The molecule has 3 aliphatic rings. The first kappa shape index (κ1) is 15.3. The molecule has 3 rings (SSSR count). The van der Waals surface area contributed by atoms with Crippen LogP contribution in [0.5, 0.6) is 0 Å². The molecule has 2 heterocycles. The van der Waals surface area contributed by atoms with E-state index in [1.54, 1.807) is 0 Å². The minimum atomic E-state index is -0.249. The molecule has 1 aliphatic carbocycles. The smallest absolute Gasteiger partial charge is 0.249 e. The van der Waals surface area contributed by atoms with Crippen LogP contribution in [0.3, 0.4) is 0 Å². The van der Waals surface area contributed by atoms with Gasteiger partial charge in [-0.2, -0.15) is 0 Å². The van der Waals surface area contributed by atoms with Crippen molar-refractivity contribution in [2.75, 3.05) is 0 Å². The first-order valence-corrected chi connectivity index (χ1v) is 8.96.